The zero-order chi connectivity index (χ0) is 12.4. The van der Waals surface area contributed by atoms with Gasteiger partial charge in [0.2, 0.25) is 0 Å². The van der Waals surface area contributed by atoms with Crippen LogP contribution < -0.4 is 5.32 Å². The first-order valence-electron chi connectivity index (χ1n) is 6.54. The zero-order valence-electron chi connectivity index (χ0n) is 10.7. The quantitative estimate of drug-likeness (QED) is 0.843. The number of aryl methyl sites for hydroxylation is 1. The van der Waals surface area contributed by atoms with E-state index in [-0.39, 0.29) is 0 Å². The normalized spacial score (nSPS) is 19.9. The third kappa shape index (κ3) is 2.43. The molecule has 0 bridgehead atoms. The molecule has 18 heavy (non-hydrogen) atoms. The zero-order valence-corrected chi connectivity index (χ0v) is 11.5. The second-order valence-electron chi connectivity index (χ2n) is 4.89. The summed E-state index contributed by atoms with van der Waals surface area (Å²) in [4.78, 5) is 5.64. The van der Waals surface area contributed by atoms with Crippen LogP contribution in [-0.2, 0) is 11.3 Å². The number of fused-ring (bicyclic) bond motifs is 1. The van der Waals surface area contributed by atoms with Crippen molar-refractivity contribution < 1.29 is 4.74 Å². The fraction of sp³-hybridized carbons (Fsp3) is 0.615. The Morgan fingerprint density at radius 3 is 3.39 bits per heavy atom. The fourth-order valence-corrected chi connectivity index (χ4v) is 3.26. The smallest absolute Gasteiger partial charge is 0.194 e. The number of hydrogen-bond acceptors (Lipinski definition) is 4. The van der Waals surface area contributed by atoms with Crippen LogP contribution in [0.3, 0.4) is 0 Å². The standard InChI is InChI=1S/C13H19N3OS/c1-10-12(16-5-7-18-13(16)15-10)8-14-4-2-11-3-6-17-9-11/h5,7,11,14H,2-4,6,8-9H2,1H3. The fourth-order valence-electron chi connectivity index (χ4n) is 2.48. The molecule has 3 heterocycles. The van der Waals surface area contributed by atoms with Crippen LogP contribution in [-0.4, -0.2) is 29.1 Å². The van der Waals surface area contributed by atoms with Crippen molar-refractivity contribution in [2.45, 2.75) is 26.3 Å². The average Bonchev–Trinajstić information content (AvgIpc) is 3.03. The highest BCUT2D eigenvalue weighted by molar-refractivity contribution is 7.15. The Labute approximate surface area is 111 Å². The molecule has 0 aliphatic carbocycles. The van der Waals surface area contributed by atoms with Crippen LogP contribution in [0.25, 0.3) is 4.96 Å². The van der Waals surface area contributed by atoms with E-state index in [4.69, 9.17) is 4.74 Å². The minimum atomic E-state index is 0.755. The molecule has 0 amide bonds. The topological polar surface area (TPSA) is 38.6 Å². The highest BCUT2D eigenvalue weighted by Gasteiger charge is 2.15. The predicted molar refractivity (Wildman–Crippen MR) is 73.1 cm³/mol. The van der Waals surface area contributed by atoms with Crippen molar-refractivity contribution in [3.8, 4) is 0 Å². The van der Waals surface area contributed by atoms with Gasteiger partial charge < -0.3 is 10.1 Å². The molecule has 3 rings (SSSR count). The monoisotopic (exact) mass is 265 g/mol. The van der Waals surface area contributed by atoms with Gasteiger partial charge in [-0.25, -0.2) is 4.98 Å². The molecule has 1 fully saturated rings. The lowest BCUT2D eigenvalue weighted by molar-refractivity contribution is 0.184. The molecule has 1 N–H and O–H groups in total. The van der Waals surface area contributed by atoms with E-state index in [1.165, 1.54) is 18.5 Å². The summed E-state index contributed by atoms with van der Waals surface area (Å²) in [6, 6.07) is 0. The Morgan fingerprint density at radius 1 is 1.61 bits per heavy atom. The maximum absolute atomic E-state index is 5.39. The lowest BCUT2D eigenvalue weighted by Crippen LogP contribution is -2.19. The number of hydrogen-bond donors (Lipinski definition) is 1. The summed E-state index contributed by atoms with van der Waals surface area (Å²) >= 11 is 1.69. The molecule has 98 valence electrons. The van der Waals surface area contributed by atoms with Gasteiger partial charge in [-0.3, -0.25) is 4.40 Å². The molecule has 1 unspecified atom stereocenters. The molecule has 1 saturated heterocycles. The van der Waals surface area contributed by atoms with Gasteiger partial charge in [0.15, 0.2) is 4.96 Å². The molecule has 2 aromatic rings. The molecule has 0 aromatic carbocycles. The molecule has 1 atom stereocenters. The van der Waals surface area contributed by atoms with Crippen LogP contribution in [0.2, 0.25) is 0 Å². The number of ether oxygens (including phenoxy) is 1. The number of aromatic nitrogens is 2. The Kier molecular flexibility index (Phi) is 3.63. The number of thiazole rings is 1. The third-order valence-electron chi connectivity index (χ3n) is 3.61. The summed E-state index contributed by atoms with van der Waals surface area (Å²) < 4.78 is 7.57. The Bertz CT molecular complexity index is 513. The van der Waals surface area contributed by atoms with Gasteiger partial charge in [-0.15, -0.1) is 11.3 Å². The highest BCUT2D eigenvalue weighted by atomic mass is 32.1. The summed E-state index contributed by atoms with van der Waals surface area (Å²) in [5.74, 6) is 0.755. The molecule has 5 heteroatoms. The van der Waals surface area contributed by atoms with Gasteiger partial charge in [0.25, 0.3) is 0 Å². The molecule has 0 radical (unpaired) electrons. The van der Waals surface area contributed by atoms with Gasteiger partial charge in [0.05, 0.1) is 11.4 Å². The van der Waals surface area contributed by atoms with Crippen LogP contribution in [0.5, 0.6) is 0 Å². The summed E-state index contributed by atoms with van der Waals surface area (Å²) in [6.45, 7) is 5.94. The molecule has 0 saturated carbocycles. The SMILES string of the molecule is Cc1nc2sccn2c1CNCCC1CCOC1. The molecule has 4 nitrogen and oxygen atoms in total. The van der Waals surface area contributed by atoms with Gasteiger partial charge in [0, 0.05) is 31.3 Å². The third-order valence-corrected chi connectivity index (χ3v) is 4.36. The number of imidazole rings is 1. The van der Waals surface area contributed by atoms with Crippen molar-refractivity contribution >= 4 is 16.3 Å². The maximum Gasteiger partial charge on any atom is 0.194 e. The predicted octanol–water partition coefficient (Wildman–Crippen LogP) is 2.22. The van der Waals surface area contributed by atoms with Crippen molar-refractivity contribution in [2.24, 2.45) is 5.92 Å². The van der Waals surface area contributed by atoms with E-state index in [0.717, 1.165) is 42.9 Å². The summed E-state index contributed by atoms with van der Waals surface area (Å²) in [5, 5.41) is 5.61. The number of nitrogens with zero attached hydrogens (tertiary/aromatic N) is 2. The number of rotatable bonds is 5. The van der Waals surface area contributed by atoms with Crippen molar-refractivity contribution in [3.05, 3.63) is 23.0 Å². The second-order valence-corrected chi connectivity index (χ2v) is 5.77. The molecule has 1 aliphatic rings. The molecular formula is C13H19N3OS. The van der Waals surface area contributed by atoms with E-state index in [1.54, 1.807) is 11.3 Å². The summed E-state index contributed by atoms with van der Waals surface area (Å²) in [6.07, 6.45) is 4.54. The van der Waals surface area contributed by atoms with Crippen LogP contribution in [0, 0.1) is 12.8 Å². The average molecular weight is 265 g/mol. The van der Waals surface area contributed by atoms with E-state index in [2.05, 4.69) is 33.2 Å². The largest absolute Gasteiger partial charge is 0.381 e. The minimum absolute atomic E-state index is 0.755. The maximum atomic E-state index is 5.39. The van der Waals surface area contributed by atoms with Gasteiger partial charge in [-0.2, -0.15) is 0 Å². The van der Waals surface area contributed by atoms with E-state index in [0.29, 0.717) is 0 Å². The van der Waals surface area contributed by atoms with Crippen molar-refractivity contribution in [3.63, 3.8) is 0 Å². The minimum Gasteiger partial charge on any atom is -0.381 e. The molecule has 1 aliphatic heterocycles. The van der Waals surface area contributed by atoms with Crippen molar-refractivity contribution in [2.75, 3.05) is 19.8 Å². The highest BCUT2D eigenvalue weighted by Crippen LogP contribution is 2.17. The van der Waals surface area contributed by atoms with E-state index < -0.39 is 0 Å². The lowest BCUT2D eigenvalue weighted by Gasteiger charge is -2.08. The van der Waals surface area contributed by atoms with E-state index in [1.807, 2.05) is 0 Å². The number of nitrogens with one attached hydrogen (secondary N) is 1. The van der Waals surface area contributed by atoms with Gasteiger partial charge in [0.1, 0.15) is 0 Å². The lowest BCUT2D eigenvalue weighted by atomic mass is 10.1. The Balaban J connectivity index is 1.52. The van der Waals surface area contributed by atoms with Crippen LogP contribution >= 0.6 is 11.3 Å². The van der Waals surface area contributed by atoms with Crippen LogP contribution in [0.15, 0.2) is 11.6 Å². The Morgan fingerprint density at radius 2 is 2.56 bits per heavy atom. The van der Waals surface area contributed by atoms with Gasteiger partial charge >= 0.3 is 0 Å². The van der Waals surface area contributed by atoms with Gasteiger partial charge in [-0.1, -0.05) is 0 Å². The Hall–Kier alpha value is -0.910. The van der Waals surface area contributed by atoms with Gasteiger partial charge in [-0.05, 0) is 32.2 Å². The molecular weight excluding hydrogens is 246 g/mol. The first-order chi connectivity index (χ1) is 8.84. The van der Waals surface area contributed by atoms with E-state index >= 15 is 0 Å². The van der Waals surface area contributed by atoms with Crippen molar-refractivity contribution in [1.29, 1.82) is 0 Å². The van der Waals surface area contributed by atoms with E-state index in [9.17, 15) is 0 Å². The molecule has 2 aromatic heterocycles. The summed E-state index contributed by atoms with van der Waals surface area (Å²) in [5.41, 5.74) is 2.42. The van der Waals surface area contributed by atoms with Crippen LogP contribution in [0.1, 0.15) is 24.2 Å². The second kappa shape index (κ2) is 5.38. The van der Waals surface area contributed by atoms with Crippen molar-refractivity contribution in [1.82, 2.24) is 14.7 Å². The van der Waals surface area contributed by atoms with Crippen LogP contribution in [0.4, 0.5) is 0 Å². The first-order valence-corrected chi connectivity index (χ1v) is 7.42. The summed E-state index contributed by atoms with van der Waals surface area (Å²) in [7, 11) is 0. The first kappa shape index (κ1) is 12.1. The molecule has 0 spiro atoms.